The van der Waals surface area contributed by atoms with Gasteiger partial charge in [-0.2, -0.15) is 0 Å². The van der Waals surface area contributed by atoms with Crippen LogP contribution < -0.4 is 15.2 Å². The summed E-state index contributed by atoms with van der Waals surface area (Å²) in [6.07, 6.45) is 0. The molecule has 0 fully saturated rings. The average Bonchev–Trinajstić information content (AvgIpc) is 3.01. The third-order valence-electron chi connectivity index (χ3n) is 2.82. The number of ether oxygens (including phenoxy) is 2. The highest BCUT2D eigenvalue weighted by Gasteiger charge is 2.16. The molecule has 0 spiro atoms. The maximum Gasteiger partial charge on any atom is 0.180 e. The quantitative estimate of drug-likeness (QED) is 0.533. The number of fused-ring (bicyclic) bond motifs is 1. The van der Waals surface area contributed by atoms with Gasteiger partial charge in [-0.15, -0.1) is 11.3 Å². The third kappa shape index (κ3) is 3.22. The van der Waals surface area contributed by atoms with E-state index in [4.69, 9.17) is 31.6 Å². The van der Waals surface area contributed by atoms with Crippen molar-refractivity contribution >= 4 is 28.8 Å². The van der Waals surface area contributed by atoms with Crippen LogP contribution in [0.15, 0.2) is 34.8 Å². The molecular weight excluding hydrogens is 312 g/mol. The Morgan fingerprint density at radius 3 is 3.05 bits per heavy atom. The van der Waals surface area contributed by atoms with Crippen LogP contribution in [0.5, 0.6) is 11.5 Å². The van der Waals surface area contributed by atoms with Gasteiger partial charge in [-0.25, -0.2) is 0 Å². The zero-order chi connectivity index (χ0) is 14.7. The minimum atomic E-state index is 0.252. The van der Waals surface area contributed by atoms with E-state index in [0.29, 0.717) is 35.6 Å². The van der Waals surface area contributed by atoms with Crippen LogP contribution in [0, 0.1) is 0 Å². The number of thiophene rings is 1. The molecule has 7 heteroatoms. The molecule has 3 rings (SSSR count). The first-order valence-corrected chi connectivity index (χ1v) is 7.57. The van der Waals surface area contributed by atoms with Gasteiger partial charge < -0.3 is 20.0 Å². The van der Waals surface area contributed by atoms with Crippen LogP contribution in [0.3, 0.4) is 0 Å². The second kappa shape index (κ2) is 6.24. The zero-order valence-corrected chi connectivity index (χ0v) is 12.6. The Balaban J connectivity index is 1.68. The number of hydrogen-bond acceptors (Lipinski definition) is 5. The van der Waals surface area contributed by atoms with Crippen molar-refractivity contribution in [1.82, 2.24) is 0 Å². The highest BCUT2D eigenvalue weighted by molar-refractivity contribution is 7.12. The van der Waals surface area contributed by atoms with Crippen molar-refractivity contribution in [2.75, 3.05) is 13.2 Å². The molecule has 0 amide bonds. The van der Waals surface area contributed by atoms with E-state index in [-0.39, 0.29) is 6.61 Å². The van der Waals surface area contributed by atoms with Crippen molar-refractivity contribution in [3.8, 4) is 11.5 Å². The van der Waals surface area contributed by atoms with E-state index in [1.807, 2.05) is 23.6 Å². The summed E-state index contributed by atoms with van der Waals surface area (Å²) in [6.45, 7) is 1.27. The molecule has 0 bridgehead atoms. The fourth-order valence-electron chi connectivity index (χ4n) is 1.89. The summed E-state index contributed by atoms with van der Waals surface area (Å²) in [4.78, 5) is 6.14. The van der Waals surface area contributed by atoms with Crippen LogP contribution in [0.4, 0.5) is 0 Å². The van der Waals surface area contributed by atoms with Crippen LogP contribution in [0.2, 0.25) is 5.02 Å². The molecule has 1 aromatic carbocycles. The van der Waals surface area contributed by atoms with Crippen molar-refractivity contribution in [2.24, 2.45) is 10.9 Å². The van der Waals surface area contributed by atoms with E-state index in [2.05, 4.69) is 5.16 Å². The highest BCUT2D eigenvalue weighted by atomic mass is 35.5. The summed E-state index contributed by atoms with van der Waals surface area (Å²) in [7, 11) is 0. The summed E-state index contributed by atoms with van der Waals surface area (Å²) in [6, 6.07) is 7.39. The number of oxime groups is 1. The predicted molar refractivity (Wildman–Crippen MR) is 82.3 cm³/mol. The molecule has 2 aromatic rings. The molecule has 2 N–H and O–H groups in total. The van der Waals surface area contributed by atoms with Crippen molar-refractivity contribution in [1.29, 1.82) is 0 Å². The first-order valence-electron chi connectivity index (χ1n) is 6.31. The Hall–Kier alpha value is -1.92. The maximum atomic E-state index is 6.15. The first-order chi connectivity index (χ1) is 10.2. The van der Waals surface area contributed by atoms with Crippen LogP contribution >= 0.6 is 22.9 Å². The van der Waals surface area contributed by atoms with Gasteiger partial charge >= 0.3 is 0 Å². The molecule has 1 aliphatic rings. The van der Waals surface area contributed by atoms with Crippen LogP contribution in [0.1, 0.15) is 10.4 Å². The van der Waals surface area contributed by atoms with E-state index >= 15 is 0 Å². The number of nitrogens with zero attached hydrogens (tertiary/aromatic N) is 1. The molecule has 0 saturated carbocycles. The molecule has 0 unspecified atom stereocenters. The second-order valence-electron chi connectivity index (χ2n) is 4.33. The SMILES string of the molecule is N/C(=N\OCc1cc(Cl)c2c(c1)OCCO2)c1cccs1. The van der Waals surface area contributed by atoms with Gasteiger partial charge in [0.05, 0.1) is 9.90 Å². The summed E-state index contributed by atoms with van der Waals surface area (Å²) >= 11 is 7.66. The van der Waals surface area contributed by atoms with E-state index in [1.165, 1.54) is 11.3 Å². The van der Waals surface area contributed by atoms with Gasteiger partial charge in [0.1, 0.15) is 19.8 Å². The molecule has 110 valence electrons. The maximum absolute atomic E-state index is 6.15. The lowest BCUT2D eigenvalue weighted by Gasteiger charge is -2.20. The monoisotopic (exact) mass is 324 g/mol. The average molecular weight is 325 g/mol. The number of rotatable bonds is 4. The van der Waals surface area contributed by atoms with Crippen molar-refractivity contribution in [2.45, 2.75) is 6.61 Å². The van der Waals surface area contributed by atoms with Crippen molar-refractivity contribution in [3.05, 3.63) is 45.1 Å². The highest BCUT2D eigenvalue weighted by Crippen LogP contribution is 2.38. The molecule has 0 saturated heterocycles. The minimum Gasteiger partial charge on any atom is -0.486 e. The number of nitrogens with two attached hydrogens (primary N) is 1. The molecule has 2 heterocycles. The molecule has 1 aliphatic heterocycles. The van der Waals surface area contributed by atoms with Gasteiger partial charge in [0.25, 0.3) is 0 Å². The van der Waals surface area contributed by atoms with Gasteiger partial charge in [0.15, 0.2) is 17.3 Å². The van der Waals surface area contributed by atoms with Crippen molar-refractivity contribution in [3.63, 3.8) is 0 Å². The van der Waals surface area contributed by atoms with Gasteiger partial charge in [-0.05, 0) is 29.1 Å². The van der Waals surface area contributed by atoms with Crippen LogP contribution in [-0.4, -0.2) is 19.0 Å². The Morgan fingerprint density at radius 1 is 1.38 bits per heavy atom. The normalized spacial score (nSPS) is 14.0. The minimum absolute atomic E-state index is 0.252. The summed E-state index contributed by atoms with van der Waals surface area (Å²) in [5.74, 6) is 1.56. The third-order valence-corrected chi connectivity index (χ3v) is 4.00. The Morgan fingerprint density at radius 2 is 2.24 bits per heavy atom. The number of benzene rings is 1. The smallest absolute Gasteiger partial charge is 0.180 e. The molecule has 1 aromatic heterocycles. The molecule has 21 heavy (non-hydrogen) atoms. The largest absolute Gasteiger partial charge is 0.486 e. The fourth-order valence-corrected chi connectivity index (χ4v) is 2.80. The van der Waals surface area contributed by atoms with Gasteiger partial charge in [0.2, 0.25) is 0 Å². The van der Waals surface area contributed by atoms with Crippen molar-refractivity contribution < 1.29 is 14.3 Å². The van der Waals surface area contributed by atoms with Gasteiger partial charge in [-0.3, -0.25) is 0 Å². The topological polar surface area (TPSA) is 66.1 Å². The number of amidine groups is 1. The molecular formula is C14H13ClN2O3S. The predicted octanol–water partition coefficient (Wildman–Crippen LogP) is 3.01. The standard InChI is InChI=1S/C14H13ClN2O3S/c15-10-6-9(7-11-13(10)19-4-3-18-11)8-20-17-14(16)12-2-1-5-21-12/h1-2,5-7H,3-4,8H2,(H2,16,17). The van der Waals surface area contributed by atoms with E-state index < -0.39 is 0 Å². The van der Waals surface area contributed by atoms with E-state index in [9.17, 15) is 0 Å². The molecule has 0 radical (unpaired) electrons. The summed E-state index contributed by atoms with van der Waals surface area (Å²) < 4.78 is 11.0. The zero-order valence-electron chi connectivity index (χ0n) is 11.0. The Kier molecular flexibility index (Phi) is 4.17. The van der Waals surface area contributed by atoms with E-state index in [1.54, 1.807) is 6.07 Å². The Bertz CT molecular complexity index is 658. The number of halogens is 1. The molecule has 0 aliphatic carbocycles. The van der Waals surface area contributed by atoms with Gasteiger partial charge in [-0.1, -0.05) is 22.8 Å². The lowest BCUT2D eigenvalue weighted by Crippen LogP contribution is -2.16. The Labute approximate surface area is 130 Å². The fraction of sp³-hybridized carbons (Fsp3) is 0.214. The number of hydrogen-bond donors (Lipinski definition) is 1. The second-order valence-corrected chi connectivity index (χ2v) is 5.68. The molecule has 5 nitrogen and oxygen atoms in total. The van der Waals surface area contributed by atoms with Crippen LogP contribution in [0.25, 0.3) is 0 Å². The first kappa shape index (κ1) is 14.0. The lowest BCUT2D eigenvalue weighted by molar-refractivity contribution is 0.129. The van der Waals surface area contributed by atoms with Gasteiger partial charge in [0, 0.05) is 0 Å². The molecule has 0 atom stereocenters. The lowest BCUT2D eigenvalue weighted by atomic mass is 10.2. The van der Waals surface area contributed by atoms with E-state index in [0.717, 1.165) is 10.4 Å². The summed E-state index contributed by atoms with van der Waals surface area (Å²) in [5.41, 5.74) is 6.65. The summed E-state index contributed by atoms with van der Waals surface area (Å²) in [5, 5.41) is 6.32. The van der Waals surface area contributed by atoms with Crippen LogP contribution in [-0.2, 0) is 11.4 Å².